The van der Waals surface area contributed by atoms with Gasteiger partial charge in [0.1, 0.15) is 11.4 Å². The van der Waals surface area contributed by atoms with Gasteiger partial charge in [-0.25, -0.2) is 4.39 Å². The molecule has 3 saturated carbocycles. The molecule has 7 nitrogen and oxygen atoms in total. The third kappa shape index (κ3) is 5.52. The lowest BCUT2D eigenvalue weighted by Gasteiger charge is -2.58. The fourth-order valence-electron chi connectivity index (χ4n) is 8.67. The Morgan fingerprint density at radius 2 is 1.73 bits per heavy atom. The number of fused-ring (bicyclic) bond motifs is 5. The Hall–Kier alpha value is -2.87. The summed E-state index contributed by atoms with van der Waals surface area (Å²) in [5, 5.41) is 14.5. The number of esters is 1. The maximum atomic E-state index is 13.4. The Bertz CT molecular complexity index is 1240. The first kappa shape index (κ1) is 29.6. The lowest BCUT2D eigenvalue weighted by molar-refractivity contribution is -0.170. The van der Waals surface area contributed by atoms with Crippen LogP contribution in [0.3, 0.4) is 0 Å². The molecule has 0 heterocycles. The molecule has 0 aromatic heterocycles. The van der Waals surface area contributed by atoms with Crippen LogP contribution < -0.4 is 5.32 Å². The van der Waals surface area contributed by atoms with Crippen LogP contribution in [0.25, 0.3) is 0 Å². The molecule has 4 aliphatic carbocycles. The van der Waals surface area contributed by atoms with Crippen LogP contribution in [0.1, 0.15) is 83.6 Å². The second-order valence-corrected chi connectivity index (χ2v) is 13.1. The number of halogens is 1. The van der Waals surface area contributed by atoms with Gasteiger partial charge in [-0.2, -0.15) is 0 Å². The van der Waals surface area contributed by atoms with E-state index < -0.39 is 29.4 Å². The summed E-state index contributed by atoms with van der Waals surface area (Å²) in [5.41, 5.74) is 0.0794. The summed E-state index contributed by atoms with van der Waals surface area (Å²) in [4.78, 5) is 49.9. The number of ketones is 2. The van der Waals surface area contributed by atoms with Crippen LogP contribution in [0.5, 0.6) is 0 Å². The van der Waals surface area contributed by atoms with E-state index in [0.29, 0.717) is 37.6 Å². The summed E-state index contributed by atoms with van der Waals surface area (Å²) in [6, 6.07) is 6.05. The summed E-state index contributed by atoms with van der Waals surface area (Å²) >= 11 is 0. The molecule has 0 radical (unpaired) electrons. The van der Waals surface area contributed by atoms with E-state index in [1.807, 2.05) is 13.0 Å². The molecule has 222 valence electrons. The van der Waals surface area contributed by atoms with Crippen molar-refractivity contribution in [2.75, 3.05) is 13.2 Å². The smallest absolute Gasteiger partial charge is 0.306 e. The third-order valence-electron chi connectivity index (χ3n) is 11.1. The first-order chi connectivity index (χ1) is 19.5. The zero-order chi connectivity index (χ0) is 29.4. The van der Waals surface area contributed by atoms with Crippen LogP contribution in [0.2, 0.25) is 0 Å². The average molecular weight is 568 g/mol. The van der Waals surface area contributed by atoms with E-state index in [4.69, 9.17) is 4.74 Å². The molecule has 0 saturated heterocycles. The highest BCUT2D eigenvalue weighted by atomic mass is 19.1. The Kier molecular flexibility index (Phi) is 8.25. The van der Waals surface area contributed by atoms with Gasteiger partial charge in [-0.15, -0.1) is 0 Å². The number of rotatable bonds is 9. The van der Waals surface area contributed by atoms with Crippen molar-refractivity contribution in [3.8, 4) is 0 Å². The number of ether oxygens (including phenoxy) is 1. The molecule has 8 heteroatoms. The number of nitrogens with one attached hydrogen (secondary N) is 1. The minimum absolute atomic E-state index is 0.0195. The molecule has 1 aromatic carbocycles. The third-order valence-corrected chi connectivity index (χ3v) is 11.1. The molecule has 2 unspecified atom stereocenters. The van der Waals surface area contributed by atoms with Crippen molar-refractivity contribution in [2.24, 2.45) is 28.6 Å². The van der Waals surface area contributed by atoms with Crippen LogP contribution in [-0.4, -0.2) is 47.3 Å². The Labute approximate surface area is 241 Å². The number of benzene rings is 1. The number of hydrogen-bond acceptors (Lipinski definition) is 6. The largest absolute Gasteiger partial charge is 0.458 e. The van der Waals surface area contributed by atoms with Crippen molar-refractivity contribution in [3.63, 3.8) is 0 Å². The SMILES string of the molecule is C[C@@]12CCC(=O)C=C1CC[C@H]1C2CC[C@]2(C)C1CC[C@@]2(O)C(=O)COC(=O)CCC(=O)NCCc1ccc(F)cc1. The van der Waals surface area contributed by atoms with Crippen LogP contribution in [0.4, 0.5) is 4.39 Å². The molecule has 3 fully saturated rings. The van der Waals surface area contributed by atoms with Gasteiger partial charge in [0.15, 0.2) is 12.4 Å². The normalized spacial score (nSPS) is 34.1. The predicted octanol–water partition coefficient (Wildman–Crippen LogP) is 4.64. The van der Waals surface area contributed by atoms with Gasteiger partial charge < -0.3 is 15.2 Å². The summed E-state index contributed by atoms with van der Waals surface area (Å²) < 4.78 is 18.2. The number of carbonyl (C=O) groups excluding carboxylic acids is 4. The fourth-order valence-corrected chi connectivity index (χ4v) is 8.67. The van der Waals surface area contributed by atoms with E-state index >= 15 is 0 Å². The van der Waals surface area contributed by atoms with Gasteiger partial charge >= 0.3 is 5.97 Å². The molecule has 5 rings (SSSR count). The number of aliphatic hydroxyl groups is 1. The molecule has 6 atom stereocenters. The van der Waals surface area contributed by atoms with Gasteiger partial charge in [-0.05, 0) is 98.3 Å². The van der Waals surface area contributed by atoms with E-state index in [1.165, 1.54) is 17.7 Å². The molecule has 0 spiro atoms. The lowest BCUT2D eigenvalue weighted by atomic mass is 9.46. The Morgan fingerprint density at radius 3 is 2.49 bits per heavy atom. The average Bonchev–Trinajstić information content (AvgIpc) is 3.23. The predicted molar refractivity (Wildman–Crippen MR) is 150 cm³/mol. The van der Waals surface area contributed by atoms with Gasteiger partial charge in [0, 0.05) is 24.8 Å². The molecule has 1 amide bonds. The molecule has 41 heavy (non-hydrogen) atoms. The van der Waals surface area contributed by atoms with Crippen molar-refractivity contribution in [1.29, 1.82) is 0 Å². The zero-order valence-electron chi connectivity index (χ0n) is 24.2. The van der Waals surface area contributed by atoms with Crippen molar-refractivity contribution in [1.82, 2.24) is 5.32 Å². The lowest BCUT2D eigenvalue weighted by Crippen LogP contribution is -2.58. The second-order valence-electron chi connectivity index (χ2n) is 13.1. The van der Waals surface area contributed by atoms with Gasteiger partial charge in [0.25, 0.3) is 0 Å². The fraction of sp³-hybridized carbons (Fsp3) is 0.636. The van der Waals surface area contributed by atoms with Crippen molar-refractivity contribution in [2.45, 2.75) is 90.1 Å². The van der Waals surface area contributed by atoms with Crippen LogP contribution >= 0.6 is 0 Å². The van der Waals surface area contributed by atoms with Crippen molar-refractivity contribution < 1.29 is 33.4 Å². The van der Waals surface area contributed by atoms with Crippen LogP contribution in [0.15, 0.2) is 35.9 Å². The van der Waals surface area contributed by atoms with Gasteiger partial charge in [0.2, 0.25) is 11.7 Å². The number of allylic oxidation sites excluding steroid dienone is 1. The highest BCUT2D eigenvalue weighted by Gasteiger charge is 2.66. The number of hydrogen-bond donors (Lipinski definition) is 2. The topological polar surface area (TPSA) is 110 Å². The van der Waals surface area contributed by atoms with Gasteiger partial charge in [-0.1, -0.05) is 31.6 Å². The molecule has 0 bridgehead atoms. The summed E-state index contributed by atoms with van der Waals surface area (Å²) in [6.07, 6.45) is 8.32. The monoisotopic (exact) mass is 567 g/mol. The first-order valence-corrected chi connectivity index (χ1v) is 15.1. The minimum atomic E-state index is -1.54. The van der Waals surface area contributed by atoms with E-state index in [-0.39, 0.29) is 41.7 Å². The second kappa shape index (κ2) is 11.4. The summed E-state index contributed by atoms with van der Waals surface area (Å²) in [7, 11) is 0. The van der Waals surface area contributed by atoms with E-state index in [2.05, 4.69) is 12.2 Å². The highest BCUT2D eigenvalue weighted by molar-refractivity contribution is 5.92. The first-order valence-electron chi connectivity index (χ1n) is 15.1. The molecule has 2 N–H and O–H groups in total. The molecular formula is C33H42FNO6. The number of Topliss-reactive ketones (excluding diaryl/α,β-unsaturated/α-hetero) is 1. The Balaban J connectivity index is 1.11. The number of carbonyl (C=O) groups is 4. The standard InChI is InChI=1S/C33H42FNO6/c1-31-15-11-24(36)19-22(31)5-8-25-26(31)12-16-32(2)27(25)13-17-33(32,40)28(37)20-41-30(39)10-9-29(38)35-18-14-21-3-6-23(34)7-4-21/h3-4,6-7,19,25-27,40H,5,8-18,20H2,1-2H3,(H,35,38)/t25-,26?,27?,31+,32+,33+/m0/s1. The van der Waals surface area contributed by atoms with Crippen LogP contribution in [-0.2, 0) is 30.3 Å². The van der Waals surface area contributed by atoms with Crippen molar-refractivity contribution >= 4 is 23.4 Å². The van der Waals surface area contributed by atoms with E-state index in [9.17, 15) is 28.7 Å². The quantitative estimate of drug-likeness (QED) is 0.421. The van der Waals surface area contributed by atoms with E-state index in [1.54, 1.807) is 12.1 Å². The molecule has 1 aromatic rings. The Morgan fingerprint density at radius 1 is 1.00 bits per heavy atom. The van der Waals surface area contributed by atoms with Crippen molar-refractivity contribution in [3.05, 3.63) is 47.3 Å². The van der Waals surface area contributed by atoms with Gasteiger partial charge in [-0.3, -0.25) is 19.2 Å². The zero-order valence-corrected chi connectivity index (χ0v) is 24.2. The highest BCUT2D eigenvalue weighted by Crippen LogP contribution is 2.67. The molecule has 4 aliphatic rings. The maximum absolute atomic E-state index is 13.4. The summed E-state index contributed by atoms with van der Waals surface area (Å²) in [5.74, 6) is -0.437. The van der Waals surface area contributed by atoms with E-state index in [0.717, 1.165) is 44.1 Å². The molecular weight excluding hydrogens is 525 g/mol. The van der Waals surface area contributed by atoms with Crippen LogP contribution in [0, 0.1) is 34.4 Å². The summed E-state index contributed by atoms with van der Waals surface area (Å²) in [6.45, 7) is 4.21. The maximum Gasteiger partial charge on any atom is 0.306 e. The number of amides is 1. The molecule has 0 aliphatic heterocycles. The minimum Gasteiger partial charge on any atom is -0.458 e. The van der Waals surface area contributed by atoms with Gasteiger partial charge in [0.05, 0.1) is 6.42 Å².